The van der Waals surface area contributed by atoms with Crippen molar-refractivity contribution in [3.05, 3.63) is 103 Å². The van der Waals surface area contributed by atoms with Crippen LogP contribution in [0.2, 0.25) is 10.0 Å². The van der Waals surface area contributed by atoms with Crippen molar-refractivity contribution in [1.29, 1.82) is 0 Å². The second-order valence-corrected chi connectivity index (χ2v) is 8.54. The van der Waals surface area contributed by atoms with Gasteiger partial charge in [-0.1, -0.05) is 47.5 Å². The average molecular weight is 550 g/mol. The van der Waals surface area contributed by atoms with Crippen LogP contribution in [0.25, 0.3) is 6.08 Å². The van der Waals surface area contributed by atoms with Crippen molar-refractivity contribution in [2.75, 3.05) is 0 Å². The highest BCUT2D eigenvalue weighted by Crippen LogP contribution is 2.27. The zero-order valence-electron chi connectivity index (χ0n) is 15.4. The van der Waals surface area contributed by atoms with Gasteiger partial charge in [-0.3, -0.25) is 0 Å². The minimum atomic E-state index is -0.541. The molecule has 1 aliphatic heterocycles. The van der Waals surface area contributed by atoms with Crippen LogP contribution < -0.4 is 4.74 Å². The maximum atomic E-state index is 12.3. The number of carbonyl (C=O) groups is 1. The predicted octanol–water partition coefficient (Wildman–Crippen LogP) is 6.52. The molecule has 0 radical (unpaired) electrons. The fourth-order valence-electron chi connectivity index (χ4n) is 2.79. The maximum Gasteiger partial charge on any atom is 0.363 e. The molecule has 0 N–H and O–H groups in total. The first-order valence-electron chi connectivity index (χ1n) is 8.93. The lowest BCUT2D eigenvalue weighted by Gasteiger charge is -2.07. The van der Waals surface area contributed by atoms with E-state index in [1.807, 2.05) is 48.5 Å². The summed E-state index contributed by atoms with van der Waals surface area (Å²) in [7, 11) is 0. The number of cyclic esters (lactones) is 1. The Hall–Kier alpha value is -2.35. The third-order valence-corrected chi connectivity index (χ3v) is 5.53. The molecule has 4 nitrogen and oxygen atoms in total. The lowest BCUT2D eigenvalue weighted by molar-refractivity contribution is -0.129. The average Bonchev–Trinajstić information content (AvgIpc) is 3.08. The molecule has 0 amide bonds. The highest BCUT2D eigenvalue weighted by atomic mass is 127. The van der Waals surface area contributed by atoms with Crippen molar-refractivity contribution >= 4 is 63.7 Å². The van der Waals surface area contributed by atoms with Gasteiger partial charge in [-0.2, -0.15) is 0 Å². The van der Waals surface area contributed by atoms with E-state index in [0.717, 1.165) is 11.1 Å². The van der Waals surface area contributed by atoms with Gasteiger partial charge in [0.2, 0.25) is 5.90 Å². The predicted molar refractivity (Wildman–Crippen MR) is 127 cm³/mol. The van der Waals surface area contributed by atoms with Crippen LogP contribution in [-0.4, -0.2) is 11.9 Å². The Bertz CT molecular complexity index is 1170. The number of aliphatic imine (C=N–C) groups is 1. The van der Waals surface area contributed by atoms with Gasteiger partial charge in [-0.05, 0) is 82.3 Å². The van der Waals surface area contributed by atoms with E-state index < -0.39 is 5.97 Å². The van der Waals surface area contributed by atoms with Crippen LogP contribution in [0.1, 0.15) is 16.7 Å². The number of carbonyl (C=O) groups excluding carboxylic acids is 1. The lowest BCUT2D eigenvalue weighted by atomic mass is 10.2. The highest BCUT2D eigenvalue weighted by Gasteiger charge is 2.25. The van der Waals surface area contributed by atoms with E-state index in [-0.39, 0.29) is 11.6 Å². The molecule has 0 saturated heterocycles. The quantitative estimate of drug-likeness (QED) is 0.207. The molecule has 0 fully saturated rings. The summed E-state index contributed by atoms with van der Waals surface area (Å²) in [5, 5.41) is 0.854. The summed E-state index contributed by atoms with van der Waals surface area (Å²) in [6, 6.07) is 20.5. The second-order valence-electron chi connectivity index (χ2n) is 6.45. The molecule has 7 heteroatoms. The summed E-state index contributed by atoms with van der Waals surface area (Å²) in [5.74, 6) is 0.305. The fraction of sp³-hybridized carbons (Fsp3) is 0.0435. The number of esters is 1. The Kier molecular flexibility index (Phi) is 6.41. The summed E-state index contributed by atoms with van der Waals surface area (Å²) in [6.45, 7) is 0.455. The van der Waals surface area contributed by atoms with E-state index in [9.17, 15) is 4.79 Å². The van der Waals surface area contributed by atoms with Gasteiger partial charge in [0.15, 0.2) is 5.70 Å². The molecule has 3 aromatic rings. The van der Waals surface area contributed by atoms with Crippen molar-refractivity contribution in [1.82, 2.24) is 0 Å². The maximum absolute atomic E-state index is 12.3. The van der Waals surface area contributed by atoms with E-state index in [1.54, 1.807) is 24.3 Å². The van der Waals surface area contributed by atoms with Gasteiger partial charge in [0, 0.05) is 8.59 Å². The number of rotatable bonds is 5. The number of hydrogen-bond donors (Lipinski definition) is 0. The first kappa shape index (κ1) is 20.9. The Morgan fingerprint density at radius 3 is 2.60 bits per heavy atom. The largest absolute Gasteiger partial charge is 0.489 e. The third-order valence-electron chi connectivity index (χ3n) is 4.26. The fourth-order valence-corrected chi connectivity index (χ4v) is 3.64. The van der Waals surface area contributed by atoms with Crippen LogP contribution in [0.15, 0.2) is 77.4 Å². The smallest absolute Gasteiger partial charge is 0.363 e. The minimum absolute atomic E-state index is 0.152. The Morgan fingerprint density at radius 2 is 1.83 bits per heavy atom. The van der Waals surface area contributed by atoms with Crippen LogP contribution in [0.5, 0.6) is 5.75 Å². The first-order valence-corrected chi connectivity index (χ1v) is 10.8. The zero-order chi connectivity index (χ0) is 21.1. The molecule has 0 aliphatic carbocycles. The molecule has 0 aromatic heterocycles. The van der Waals surface area contributed by atoms with Crippen molar-refractivity contribution in [3.8, 4) is 5.75 Å². The Labute approximate surface area is 197 Å². The van der Waals surface area contributed by atoms with Crippen molar-refractivity contribution in [2.45, 2.75) is 6.61 Å². The summed E-state index contributed by atoms with van der Waals surface area (Å²) in [5.41, 5.74) is 2.54. The molecule has 3 aromatic carbocycles. The van der Waals surface area contributed by atoms with Gasteiger partial charge in [0.1, 0.15) is 12.4 Å². The Morgan fingerprint density at radius 1 is 1.03 bits per heavy atom. The van der Waals surface area contributed by atoms with Crippen molar-refractivity contribution in [2.24, 2.45) is 4.99 Å². The van der Waals surface area contributed by atoms with Crippen LogP contribution in [0.4, 0.5) is 0 Å². The lowest BCUT2D eigenvalue weighted by Crippen LogP contribution is -2.05. The van der Waals surface area contributed by atoms with Gasteiger partial charge in [0.05, 0.1) is 10.6 Å². The summed E-state index contributed by atoms with van der Waals surface area (Å²) in [6.07, 6.45) is 1.65. The number of hydrogen-bond acceptors (Lipinski definition) is 4. The molecular formula is C23H14Cl2INO3. The summed E-state index contributed by atoms with van der Waals surface area (Å²) in [4.78, 5) is 16.6. The monoisotopic (exact) mass is 549 g/mol. The van der Waals surface area contributed by atoms with E-state index in [1.165, 1.54) is 3.57 Å². The Balaban J connectivity index is 1.52. The summed E-state index contributed by atoms with van der Waals surface area (Å²) >= 11 is 14.4. The molecule has 150 valence electrons. The number of benzene rings is 3. The number of ether oxygens (including phenoxy) is 2. The molecule has 0 bridgehead atoms. The molecule has 0 spiro atoms. The summed E-state index contributed by atoms with van der Waals surface area (Å²) < 4.78 is 12.3. The third kappa shape index (κ3) is 5.03. The normalized spacial score (nSPS) is 14.6. The van der Waals surface area contributed by atoms with Gasteiger partial charge < -0.3 is 9.47 Å². The molecule has 1 heterocycles. The zero-order valence-corrected chi connectivity index (χ0v) is 19.1. The number of halogens is 3. The standard InChI is InChI=1S/C23H14Cl2INO3/c24-16-6-9-19(20(25)12-16)22-27-21(23(28)30-22)11-15-2-1-3-18(10-15)29-13-14-4-7-17(26)8-5-14/h1-12H,13H2/b21-11-. The van der Waals surface area contributed by atoms with Gasteiger partial charge in [-0.15, -0.1) is 0 Å². The second kappa shape index (κ2) is 9.20. The van der Waals surface area contributed by atoms with E-state index in [0.29, 0.717) is 28.0 Å². The van der Waals surface area contributed by atoms with E-state index in [4.69, 9.17) is 32.7 Å². The van der Waals surface area contributed by atoms with Gasteiger partial charge in [-0.25, -0.2) is 9.79 Å². The van der Waals surface area contributed by atoms with Crippen molar-refractivity contribution in [3.63, 3.8) is 0 Å². The van der Waals surface area contributed by atoms with Crippen LogP contribution in [0.3, 0.4) is 0 Å². The molecule has 0 atom stereocenters. The van der Waals surface area contributed by atoms with Gasteiger partial charge in [0.25, 0.3) is 0 Å². The van der Waals surface area contributed by atoms with Crippen LogP contribution >= 0.6 is 45.8 Å². The highest BCUT2D eigenvalue weighted by molar-refractivity contribution is 14.1. The molecule has 0 saturated carbocycles. The molecule has 0 unspecified atom stereocenters. The van der Waals surface area contributed by atoms with E-state index in [2.05, 4.69) is 27.6 Å². The molecule has 30 heavy (non-hydrogen) atoms. The SMILES string of the molecule is O=C1OC(c2ccc(Cl)cc2Cl)=N/C1=C\c1cccc(OCc2ccc(I)cc2)c1. The van der Waals surface area contributed by atoms with Gasteiger partial charge >= 0.3 is 5.97 Å². The van der Waals surface area contributed by atoms with E-state index >= 15 is 0 Å². The van der Waals surface area contributed by atoms with Crippen molar-refractivity contribution < 1.29 is 14.3 Å². The first-order chi connectivity index (χ1) is 14.5. The molecule has 1 aliphatic rings. The van der Waals surface area contributed by atoms with Crippen LogP contribution in [-0.2, 0) is 16.1 Å². The minimum Gasteiger partial charge on any atom is -0.489 e. The molecular weight excluding hydrogens is 536 g/mol. The topological polar surface area (TPSA) is 47.9 Å². The molecule has 4 rings (SSSR count). The van der Waals surface area contributed by atoms with Crippen LogP contribution in [0, 0.1) is 3.57 Å². The number of nitrogens with zero attached hydrogens (tertiary/aromatic N) is 1.